The number of hydrogen-bond acceptors (Lipinski definition) is 3. The van der Waals surface area contributed by atoms with E-state index >= 15 is 0 Å². The summed E-state index contributed by atoms with van der Waals surface area (Å²) in [6.45, 7) is 2.79. The van der Waals surface area contributed by atoms with Gasteiger partial charge in [-0.1, -0.05) is 24.6 Å². The molecule has 0 saturated heterocycles. The summed E-state index contributed by atoms with van der Waals surface area (Å²) >= 11 is 0. The minimum absolute atomic E-state index is 0.0216. The van der Waals surface area contributed by atoms with Gasteiger partial charge in [0.25, 0.3) is 0 Å². The van der Waals surface area contributed by atoms with Crippen molar-refractivity contribution in [3.63, 3.8) is 0 Å². The van der Waals surface area contributed by atoms with Crippen LogP contribution in [0, 0.1) is 5.82 Å². The van der Waals surface area contributed by atoms with Crippen molar-refractivity contribution < 1.29 is 13.9 Å². The molecule has 4 nitrogen and oxygen atoms in total. The van der Waals surface area contributed by atoms with Crippen molar-refractivity contribution in [1.29, 1.82) is 0 Å². The summed E-state index contributed by atoms with van der Waals surface area (Å²) in [6, 6.07) is 9.97. The summed E-state index contributed by atoms with van der Waals surface area (Å²) in [5, 5.41) is 3.00. The Morgan fingerprint density at radius 1 is 1.29 bits per heavy atom. The fourth-order valence-electron chi connectivity index (χ4n) is 3.12. The number of aromatic nitrogens is 1. The lowest BCUT2D eigenvalue weighted by Crippen LogP contribution is -2.49. The number of nitrogens with one attached hydrogen (secondary N) is 1. The lowest BCUT2D eigenvalue weighted by molar-refractivity contribution is -0.130. The number of benzene rings is 1. The van der Waals surface area contributed by atoms with Crippen LogP contribution in [0.15, 0.2) is 42.6 Å². The zero-order chi connectivity index (χ0) is 17.0. The van der Waals surface area contributed by atoms with E-state index in [0.29, 0.717) is 19.0 Å². The molecule has 1 aromatic carbocycles. The Labute approximate surface area is 141 Å². The van der Waals surface area contributed by atoms with Crippen LogP contribution >= 0.6 is 0 Å². The topological polar surface area (TPSA) is 51.2 Å². The SMILES string of the molecule is CCOc1ncccc1CNC(=O)C1(c2ccc(F)cc2)CCC1. The van der Waals surface area contributed by atoms with Crippen molar-refractivity contribution in [2.75, 3.05) is 6.61 Å². The summed E-state index contributed by atoms with van der Waals surface area (Å²) in [4.78, 5) is 17.0. The third-order valence-electron chi connectivity index (χ3n) is 4.61. The third-order valence-corrected chi connectivity index (χ3v) is 4.61. The lowest BCUT2D eigenvalue weighted by atomic mass is 9.64. The van der Waals surface area contributed by atoms with Crippen LogP contribution in [0.1, 0.15) is 37.3 Å². The summed E-state index contributed by atoms with van der Waals surface area (Å²) in [5.41, 5.74) is 1.19. The molecule has 1 heterocycles. The number of rotatable bonds is 6. The van der Waals surface area contributed by atoms with Crippen LogP contribution in [0.2, 0.25) is 0 Å². The van der Waals surface area contributed by atoms with Gasteiger partial charge in [-0.05, 0) is 43.5 Å². The quantitative estimate of drug-likeness (QED) is 0.884. The Hall–Kier alpha value is -2.43. The number of ether oxygens (including phenoxy) is 1. The van der Waals surface area contributed by atoms with Gasteiger partial charge in [-0.25, -0.2) is 9.37 Å². The average Bonchev–Trinajstić information content (AvgIpc) is 2.55. The van der Waals surface area contributed by atoms with Crippen LogP contribution in [0.25, 0.3) is 0 Å². The first-order valence-electron chi connectivity index (χ1n) is 8.27. The Morgan fingerprint density at radius 3 is 2.67 bits per heavy atom. The molecule has 3 rings (SSSR count). The molecule has 5 heteroatoms. The fraction of sp³-hybridized carbons (Fsp3) is 0.368. The Morgan fingerprint density at radius 2 is 2.04 bits per heavy atom. The van der Waals surface area contributed by atoms with Gasteiger partial charge in [0.2, 0.25) is 11.8 Å². The molecular weight excluding hydrogens is 307 g/mol. The van der Waals surface area contributed by atoms with Crippen LogP contribution in [0.5, 0.6) is 5.88 Å². The van der Waals surface area contributed by atoms with Gasteiger partial charge in [0.1, 0.15) is 5.82 Å². The number of nitrogens with zero attached hydrogens (tertiary/aromatic N) is 1. The van der Waals surface area contributed by atoms with Crippen molar-refractivity contribution >= 4 is 5.91 Å². The Bertz CT molecular complexity index is 712. The normalized spacial score (nSPS) is 15.4. The smallest absolute Gasteiger partial charge is 0.230 e. The molecule has 1 aliphatic carbocycles. The third kappa shape index (κ3) is 3.11. The van der Waals surface area contributed by atoms with E-state index < -0.39 is 5.41 Å². The van der Waals surface area contributed by atoms with Crippen molar-refractivity contribution in [3.05, 3.63) is 59.5 Å². The van der Waals surface area contributed by atoms with Gasteiger partial charge in [-0.2, -0.15) is 0 Å². The highest BCUT2D eigenvalue weighted by Gasteiger charge is 2.45. The number of pyridine rings is 1. The number of hydrogen-bond donors (Lipinski definition) is 1. The molecule has 126 valence electrons. The molecule has 1 N–H and O–H groups in total. The monoisotopic (exact) mass is 328 g/mol. The van der Waals surface area contributed by atoms with E-state index in [-0.39, 0.29) is 11.7 Å². The second kappa shape index (κ2) is 6.99. The predicted octanol–water partition coefficient (Wildman–Crippen LogP) is 3.36. The molecule has 0 bridgehead atoms. The molecular formula is C19H21FN2O2. The van der Waals surface area contributed by atoms with Gasteiger partial charge >= 0.3 is 0 Å². The zero-order valence-corrected chi connectivity index (χ0v) is 13.7. The Kier molecular flexibility index (Phi) is 4.79. The largest absolute Gasteiger partial charge is 0.478 e. The van der Waals surface area contributed by atoms with Gasteiger partial charge < -0.3 is 10.1 Å². The second-order valence-electron chi connectivity index (χ2n) is 6.03. The van der Waals surface area contributed by atoms with E-state index in [1.807, 2.05) is 19.1 Å². The first kappa shape index (κ1) is 16.4. The van der Waals surface area contributed by atoms with Crippen molar-refractivity contribution in [3.8, 4) is 5.88 Å². The van der Waals surface area contributed by atoms with E-state index in [9.17, 15) is 9.18 Å². The maximum Gasteiger partial charge on any atom is 0.230 e. The second-order valence-corrected chi connectivity index (χ2v) is 6.03. The summed E-state index contributed by atoms with van der Waals surface area (Å²) in [6.07, 6.45) is 4.25. The molecule has 0 radical (unpaired) electrons. The molecule has 1 saturated carbocycles. The molecule has 0 atom stereocenters. The van der Waals surface area contributed by atoms with E-state index in [0.717, 1.165) is 30.4 Å². The number of halogens is 1. The first-order chi connectivity index (χ1) is 11.7. The maximum atomic E-state index is 13.2. The molecule has 2 aromatic rings. The fourth-order valence-corrected chi connectivity index (χ4v) is 3.12. The molecule has 0 unspecified atom stereocenters. The molecule has 1 fully saturated rings. The van der Waals surface area contributed by atoms with Crippen LogP contribution in [-0.4, -0.2) is 17.5 Å². The summed E-state index contributed by atoms with van der Waals surface area (Å²) in [7, 11) is 0. The lowest BCUT2D eigenvalue weighted by Gasteiger charge is -2.40. The molecule has 1 aliphatic rings. The minimum atomic E-state index is -0.540. The highest BCUT2D eigenvalue weighted by molar-refractivity contribution is 5.89. The minimum Gasteiger partial charge on any atom is -0.478 e. The zero-order valence-electron chi connectivity index (χ0n) is 13.7. The first-order valence-corrected chi connectivity index (χ1v) is 8.27. The standard InChI is InChI=1S/C19H21FN2O2/c1-2-24-17-14(5-3-12-21-17)13-22-18(23)19(10-4-11-19)15-6-8-16(20)9-7-15/h3,5-9,12H,2,4,10-11,13H2,1H3,(H,22,23). The van der Waals surface area contributed by atoms with Crippen LogP contribution < -0.4 is 10.1 Å². The number of amides is 1. The van der Waals surface area contributed by atoms with Crippen LogP contribution in [0.3, 0.4) is 0 Å². The molecule has 24 heavy (non-hydrogen) atoms. The summed E-state index contributed by atoms with van der Waals surface area (Å²) in [5.74, 6) is 0.238. The van der Waals surface area contributed by atoms with Crippen LogP contribution in [0.4, 0.5) is 4.39 Å². The van der Waals surface area contributed by atoms with Gasteiger partial charge in [-0.3, -0.25) is 4.79 Å². The van der Waals surface area contributed by atoms with Gasteiger partial charge in [0, 0.05) is 18.3 Å². The van der Waals surface area contributed by atoms with Crippen molar-refractivity contribution in [1.82, 2.24) is 10.3 Å². The van der Waals surface area contributed by atoms with Crippen molar-refractivity contribution in [2.24, 2.45) is 0 Å². The van der Waals surface area contributed by atoms with E-state index in [1.54, 1.807) is 18.3 Å². The van der Waals surface area contributed by atoms with Gasteiger partial charge in [0.15, 0.2) is 0 Å². The van der Waals surface area contributed by atoms with Gasteiger partial charge in [-0.15, -0.1) is 0 Å². The average molecular weight is 328 g/mol. The Balaban J connectivity index is 1.73. The highest BCUT2D eigenvalue weighted by Crippen LogP contribution is 2.44. The van der Waals surface area contributed by atoms with Crippen molar-refractivity contribution in [2.45, 2.75) is 38.1 Å². The summed E-state index contributed by atoms with van der Waals surface area (Å²) < 4.78 is 18.7. The molecule has 0 spiro atoms. The van der Waals surface area contributed by atoms with Gasteiger partial charge in [0.05, 0.1) is 12.0 Å². The van der Waals surface area contributed by atoms with E-state index in [2.05, 4.69) is 10.3 Å². The van der Waals surface area contributed by atoms with E-state index in [4.69, 9.17) is 4.74 Å². The molecule has 1 amide bonds. The van der Waals surface area contributed by atoms with Crippen LogP contribution in [-0.2, 0) is 16.8 Å². The van der Waals surface area contributed by atoms with E-state index in [1.165, 1.54) is 12.1 Å². The number of carbonyl (C=O) groups is 1. The number of carbonyl (C=O) groups excluding carboxylic acids is 1. The highest BCUT2D eigenvalue weighted by atomic mass is 19.1. The predicted molar refractivity (Wildman–Crippen MR) is 89.2 cm³/mol. The molecule has 1 aromatic heterocycles. The maximum absolute atomic E-state index is 13.2. The molecule has 0 aliphatic heterocycles.